The third-order valence-corrected chi connectivity index (χ3v) is 3.30. The van der Waals surface area contributed by atoms with E-state index in [1.54, 1.807) is 0 Å². The molecule has 0 spiro atoms. The lowest BCUT2D eigenvalue weighted by atomic mass is 9.94. The summed E-state index contributed by atoms with van der Waals surface area (Å²) in [6, 6.07) is 0.412. The summed E-state index contributed by atoms with van der Waals surface area (Å²) in [5.41, 5.74) is 0. The van der Waals surface area contributed by atoms with Gasteiger partial charge in [0.15, 0.2) is 0 Å². The third-order valence-electron chi connectivity index (χ3n) is 3.30. The molecule has 1 fully saturated rings. The van der Waals surface area contributed by atoms with Crippen molar-refractivity contribution in [1.82, 2.24) is 10.2 Å². The summed E-state index contributed by atoms with van der Waals surface area (Å²) in [7, 11) is 3.43. The van der Waals surface area contributed by atoms with Crippen molar-refractivity contribution in [2.24, 2.45) is 5.92 Å². The average Bonchev–Trinajstić information content (AvgIpc) is 2.34. The Balaban J connectivity index is 2.50. The maximum absolute atomic E-state index is 11.6. The first-order chi connectivity index (χ1) is 7.71. The molecule has 1 aliphatic heterocycles. The molecule has 94 valence electrons. The second-order valence-corrected chi connectivity index (χ2v) is 4.55. The number of piperidine rings is 1. The first kappa shape index (κ1) is 13.5. The number of carbonyl (C=O) groups is 1. The second kappa shape index (κ2) is 6.86. The van der Waals surface area contributed by atoms with E-state index in [1.165, 1.54) is 20.0 Å². The number of hydrogen-bond donors (Lipinski definition) is 1. The van der Waals surface area contributed by atoms with Gasteiger partial charge in [-0.25, -0.2) is 0 Å². The van der Waals surface area contributed by atoms with Gasteiger partial charge in [-0.15, -0.1) is 0 Å². The molecule has 4 heteroatoms. The third kappa shape index (κ3) is 3.76. The van der Waals surface area contributed by atoms with Crippen molar-refractivity contribution in [3.05, 3.63) is 0 Å². The molecule has 0 bridgehead atoms. The van der Waals surface area contributed by atoms with Gasteiger partial charge >= 0.3 is 5.97 Å². The van der Waals surface area contributed by atoms with Crippen molar-refractivity contribution >= 4 is 5.97 Å². The zero-order valence-electron chi connectivity index (χ0n) is 10.7. The molecule has 0 aromatic rings. The van der Waals surface area contributed by atoms with Crippen LogP contribution >= 0.6 is 0 Å². The fourth-order valence-electron chi connectivity index (χ4n) is 2.30. The minimum atomic E-state index is -0.0681. The quantitative estimate of drug-likeness (QED) is 0.709. The normalized spacial score (nSPS) is 26.7. The Labute approximate surface area is 98.3 Å². The topological polar surface area (TPSA) is 41.6 Å². The molecule has 0 radical (unpaired) electrons. The Morgan fingerprint density at radius 2 is 2.25 bits per heavy atom. The molecule has 1 heterocycles. The van der Waals surface area contributed by atoms with Crippen LogP contribution < -0.4 is 5.32 Å². The molecule has 4 nitrogen and oxygen atoms in total. The van der Waals surface area contributed by atoms with Gasteiger partial charge in [0, 0.05) is 19.1 Å². The number of likely N-dealkylation sites (N-methyl/N-ethyl adjacent to an activating group) is 1. The predicted molar refractivity (Wildman–Crippen MR) is 64.3 cm³/mol. The van der Waals surface area contributed by atoms with Crippen molar-refractivity contribution in [2.75, 3.05) is 33.8 Å². The number of hydrogen-bond acceptors (Lipinski definition) is 4. The Hall–Kier alpha value is -0.610. The van der Waals surface area contributed by atoms with Crippen LogP contribution in [-0.4, -0.2) is 50.7 Å². The average molecular weight is 228 g/mol. The Kier molecular flexibility index (Phi) is 5.77. The van der Waals surface area contributed by atoms with Crippen molar-refractivity contribution in [1.29, 1.82) is 0 Å². The summed E-state index contributed by atoms with van der Waals surface area (Å²) in [4.78, 5) is 13.9. The lowest BCUT2D eigenvalue weighted by Gasteiger charge is -2.36. The number of esters is 1. The number of methoxy groups -OCH3 is 1. The van der Waals surface area contributed by atoms with Gasteiger partial charge in [0.2, 0.25) is 0 Å². The molecule has 0 aromatic heterocycles. The molecule has 1 rings (SSSR count). The molecule has 0 amide bonds. The number of unbranched alkanes of at least 4 members (excludes halogenated alkanes) is 1. The van der Waals surface area contributed by atoms with Gasteiger partial charge in [-0.2, -0.15) is 0 Å². The van der Waals surface area contributed by atoms with E-state index in [4.69, 9.17) is 4.74 Å². The molecular weight excluding hydrogens is 204 g/mol. The van der Waals surface area contributed by atoms with Crippen LogP contribution in [0.15, 0.2) is 0 Å². The zero-order chi connectivity index (χ0) is 12.0. The largest absolute Gasteiger partial charge is 0.469 e. The van der Waals surface area contributed by atoms with Gasteiger partial charge in [-0.3, -0.25) is 4.79 Å². The maximum atomic E-state index is 11.6. The van der Waals surface area contributed by atoms with Crippen LogP contribution in [0.4, 0.5) is 0 Å². The second-order valence-electron chi connectivity index (χ2n) is 4.55. The summed E-state index contributed by atoms with van der Waals surface area (Å²) < 4.78 is 4.84. The van der Waals surface area contributed by atoms with Gasteiger partial charge in [-0.05, 0) is 26.4 Å². The minimum Gasteiger partial charge on any atom is -0.469 e. The van der Waals surface area contributed by atoms with Crippen LogP contribution in [-0.2, 0) is 9.53 Å². The predicted octanol–water partition coefficient (Wildman–Crippen LogP) is 0.869. The highest BCUT2D eigenvalue weighted by molar-refractivity contribution is 5.72. The van der Waals surface area contributed by atoms with Crippen LogP contribution in [0.3, 0.4) is 0 Å². The number of rotatable bonds is 5. The first-order valence-corrected chi connectivity index (χ1v) is 6.18. The Morgan fingerprint density at radius 1 is 1.50 bits per heavy atom. The standard InChI is InChI=1S/C12H24N2O2/c1-4-5-6-14-8-10(12(15)16-3)7-11(9-14)13-2/h10-11,13H,4-9H2,1-3H3. The molecular formula is C12H24N2O2. The molecule has 0 aliphatic carbocycles. The highest BCUT2D eigenvalue weighted by atomic mass is 16.5. The van der Waals surface area contributed by atoms with Gasteiger partial charge in [-0.1, -0.05) is 13.3 Å². The highest BCUT2D eigenvalue weighted by Crippen LogP contribution is 2.18. The molecule has 0 aromatic carbocycles. The summed E-state index contributed by atoms with van der Waals surface area (Å²) in [5, 5.41) is 3.27. The van der Waals surface area contributed by atoms with E-state index in [1.807, 2.05) is 7.05 Å². The Morgan fingerprint density at radius 3 is 2.81 bits per heavy atom. The first-order valence-electron chi connectivity index (χ1n) is 6.18. The zero-order valence-corrected chi connectivity index (χ0v) is 10.7. The SMILES string of the molecule is CCCCN1CC(NC)CC(C(=O)OC)C1. The summed E-state index contributed by atoms with van der Waals surface area (Å²) in [6.45, 7) is 5.17. The number of ether oxygens (including phenoxy) is 1. The molecule has 0 saturated carbocycles. The molecule has 1 aliphatic rings. The molecule has 1 N–H and O–H groups in total. The number of nitrogens with one attached hydrogen (secondary N) is 1. The van der Waals surface area contributed by atoms with Crippen LogP contribution in [0.2, 0.25) is 0 Å². The van der Waals surface area contributed by atoms with Gasteiger partial charge in [0.1, 0.15) is 0 Å². The number of nitrogens with zero attached hydrogens (tertiary/aromatic N) is 1. The molecule has 16 heavy (non-hydrogen) atoms. The molecule has 2 unspecified atom stereocenters. The van der Waals surface area contributed by atoms with Crippen LogP contribution in [0, 0.1) is 5.92 Å². The smallest absolute Gasteiger partial charge is 0.310 e. The monoisotopic (exact) mass is 228 g/mol. The van der Waals surface area contributed by atoms with E-state index >= 15 is 0 Å². The van der Waals surface area contributed by atoms with Crippen molar-refractivity contribution in [2.45, 2.75) is 32.2 Å². The molecule has 2 atom stereocenters. The van der Waals surface area contributed by atoms with Crippen molar-refractivity contribution in [3.63, 3.8) is 0 Å². The van der Waals surface area contributed by atoms with Crippen LogP contribution in [0.5, 0.6) is 0 Å². The fraction of sp³-hybridized carbons (Fsp3) is 0.917. The summed E-state index contributed by atoms with van der Waals surface area (Å²) in [6.07, 6.45) is 3.29. The van der Waals surface area contributed by atoms with E-state index in [0.29, 0.717) is 6.04 Å². The maximum Gasteiger partial charge on any atom is 0.310 e. The number of carbonyl (C=O) groups excluding carboxylic acids is 1. The van der Waals surface area contributed by atoms with Gasteiger partial charge < -0.3 is 15.0 Å². The lowest BCUT2D eigenvalue weighted by molar-refractivity contribution is -0.147. The van der Waals surface area contributed by atoms with Crippen LogP contribution in [0.25, 0.3) is 0 Å². The van der Waals surface area contributed by atoms with E-state index in [0.717, 1.165) is 26.1 Å². The summed E-state index contributed by atoms with van der Waals surface area (Å²) in [5.74, 6) is -0.0329. The van der Waals surface area contributed by atoms with E-state index in [2.05, 4.69) is 17.1 Å². The lowest BCUT2D eigenvalue weighted by Crippen LogP contribution is -2.50. The van der Waals surface area contributed by atoms with Crippen LogP contribution in [0.1, 0.15) is 26.2 Å². The van der Waals surface area contributed by atoms with Gasteiger partial charge in [0.25, 0.3) is 0 Å². The van der Waals surface area contributed by atoms with E-state index in [9.17, 15) is 4.79 Å². The van der Waals surface area contributed by atoms with Crippen molar-refractivity contribution in [3.8, 4) is 0 Å². The minimum absolute atomic E-state index is 0.0352. The fourth-order valence-corrected chi connectivity index (χ4v) is 2.30. The molecule has 1 saturated heterocycles. The van der Waals surface area contributed by atoms with Gasteiger partial charge in [0.05, 0.1) is 13.0 Å². The van der Waals surface area contributed by atoms with Crippen molar-refractivity contribution < 1.29 is 9.53 Å². The van der Waals surface area contributed by atoms with E-state index < -0.39 is 0 Å². The number of likely N-dealkylation sites (tertiary alicyclic amines) is 1. The highest BCUT2D eigenvalue weighted by Gasteiger charge is 2.31. The summed E-state index contributed by atoms with van der Waals surface area (Å²) >= 11 is 0. The van der Waals surface area contributed by atoms with E-state index in [-0.39, 0.29) is 11.9 Å². The Bertz CT molecular complexity index is 221.